The predicted octanol–water partition coefficient (Wildman–Crippen LogP) is 3.46. The summed E-state index contributed by atoms with van der Waals surface area (Å²) in [5, 5.41) is 15.7. The summed E-state index contributed by atoms with van der Waals surface area (Å²) < 4.78 is 0. The van der Waals surface area contributed by atoms with E-state index in [9.17, 15) is 19.5 Å². The van der Waals surface area contributed by atoms with Crippen LogP contribution >= 0.6 is 11.6 Å². The average molecular weight is 368 g/mol. The fourth-order valence-electron chi connectivity index (χ4n) is 2.79. The van der Waals surface area contributed by atoms with Crippen molar-refractivity contribution in [2.45, 2.75) is 0 Å². The van der Waals surface area contributed by atoms with Crippen molar-refractivity contribution in [1.29, 1.82) is 0 Å². The third-order valence-corrected chi connectivity index (χ3v) is 4.26. The first-order chi connectivity index (χ1) is 12.4. The standard InChI is InChI=1S/C18H10ClN3O4/c19-9-2-4-10(5-3-9)20-16-13-14(22-17(24)15(13)23)11-6-1-8(18(25)26)7-12(11)21-16/h1-7H,(H,20,21)(H,25,26)(H,22,23,24). The SMILES string of the molecule is O=C1Nc2c(c(Nc3ccc(Cl)cc3)nc3cc(C(=O)O)ccc23)C1=O. The lowest BCUT2D eigenvalue weighted by atomic mass is 10.1. The van der Waals surface area contributed by atoms with E-state index in [0.717, 1.165) is 0 Å². The molecule has 0 fully saturated rings. The zero-order valence-electron chi connectivity index (χ0n) is 13.0. The van der Waals surface area contributed by atoms with Gasteiger partial charge in [0.05, 0.1) is 22.3 Å². The van der Waals surface area contributed by atoms with Crippen molar-refractivity contribution in [3.05, 3.63) is 58.6 Å². The van der Waals surface area contributed by atoms with Crippen molar-refractivity contribution in [2.75, 3.05) is 10.6 Å². The molecule has 26 heavy (non-hydrogen) atoms. The third kappa shape index (κ3) is 2.55. The van der Waals surface area contributed by atoms with Gasteiger partial charge in [-0.25, -0.2) is 9.78 Å². The first-order valence-corrected chi connectivity index (χ1v) is 7.91. The topological polar surface area (TPSA) is 108 Å². The third-order valence-electron chi connectivity index (χ3n) is 4.01. The first-order valence-electron chi connectivity index (χ1n) is 7.53. The molecule has 0 aliphatic carbocycles. The van der Waals surface area contributed by atoms with Crippen LogP contribution in [0, 0.1) is 0 Å². The largest absolute Gasteiger partial charge is 0.478 e. The molecular formula is C18H10ClN3O4. The van der Waals surface area contributed by atoms with E-state index in [4.69, 9.17) is 11.6 Å². The van der Waals surface area contributed by atoms with Crippen molar-refractivity contribution in [3.63, 3.8) is 0 Å². The molecular weight excluding hydrogens is 358 g/mol. The molecule has 0 atom stereocenters. The molecule has 128 valence electrons. The van der Waals surface area contributed by atoms with E-state index in [0.29, 0.717) is 27.3 Å². The minimum Gasteiger partial charge on any atom is -0.478 e. The van der Waals surface area contributed by atoms with E-state index >= 15 is 0 Å². The number of rotatable bonds is 3. The van der Waals surface area contributed by atoms with Gasteiger partial charge in [-0.15, -0.1) is 0 Å². The number of carbonyl (C=O) groups excluding carboxylic acids is 2. The van der Waals surface area contributed by atoms with E-state index in [1.807, 2.05) is 0 Å². The number of pyridine rings is 1. The van der Waals surface area contributed by atoms with Crippen LogP contribution in [-0.2, 0) is 4.79 Å². The minimum absolute atomic E-state index is 0.0537. The molecule has 1 amide bonds. The van der Waals surface area contributed by atoms with Crippen LogP contribution in [0.3, 0.4) is 0 Å². The van der Waals surface area contributed by atoms with Gasteiger partial charge in [-0.3, -0.25) is 9.59 Å². The molecule has 2 heterocycles. The zero-order chi connectivity index (χ0) is 18.4. The molecule has 0 unspecified atom stereocenters. The summed E-state index contributed by atoms with van der Waals surface area (Å²) in [5.74, 6) is -2.38. The number of aromatic nitrogens is 1. The Morgan fingerprint density at radius 1 is 1.12 bits per heavy atom. The summed E-state index contributed by atoms with van der Waals surface area (Å²) >= 11 is 5.87. The van der Waals surface area contributed by atoms with Crippen molar-refractivity contribution in [1.82, 2.24) is 4.98 Å². The average Bonchev–Trinajstić information content (AvgIpc) is 2.92. The molecule has 1 aliphatic heterocycles. The number of Topliss-reactive ketones (excluding diaryl/α,β-unsaturated/α-hetero) is 1. The van der Waals surface area contributed by atoms with E-state index in [1.165, 1.54) is 18.2 Å². The molecule has 0 spiro atoms. The number of nitrogens with zero attached hydrogens (tertiary/aromatic N) is 1. The Hall–Kier alpha value is -3.45. The van der Waals surface area contributed by atoms with E-state index < -0.39 is 17.7 Å². The van der Waals surface area contributed by atoms with E-state index in [2.05, 4.69) is 15.6 Å². The highest BCUT2D eigenvalue weighted by atomic mass is 35.5. The van der Waals surface area contributed by atoms with Crippen LogP contribution in [0.2, 0.25) is 5.02 Å². The number of nitrogens with one attached hydrogen (secondary N) is 2. The number of aromatic carboxylic acids is 1. The summed E-state index contributed by atoms with van der Waals surface area (Å²) in [5.41, 5.74) is 1.46. The Bertz CT molecular complexity index is 1110. The number of benzene rings is 2. The van der Waals surface area contributed by atoms with Crippen LogP contribution in [0.4, 0.5) is 17.2 Å². The number of fused-ring (bicyclic) bond motifs is 3. The molecule has 7 nitrogen and oxygen atoms in total. The summed E-state index contributed by atoms with van der Waals surface area (Å²) in [6, 6.07) is 11.0. The molecule has 8 heteroatoms. The molecule has 0 radical (unpaired) electrons. The van der Waals surface area contributed by atoms with Crippen molar-refractivity contribution >= 4 is 57.4 Å². The number of hydrogen-bond acceptors (Lipinski definition) is 5. The second-order valence-electron chi connectivity index (χ2n) is 5.66. The Morgan fingerprint density at radius 3 is 2.54 bits per heavy atom. The Balaban J connectivity index is 1.93. The molecule has 0 saturated heterocycles. The Morgan fingerprint density at radius 2 is 1.85 bits per heavy atom. The van der Waals surface area contributed by atoms with E-state index in [1.54, 1.807) is 24.3 Å². The maximum atomic E-state index is 12.3. The molecule has 0 bridgehead atoms. The predicted molar refractivity (Wildman–Crippen MR) is 96.4 cm³/mol. The highest BCUT2D eigenvalue weighted by Gasteiger charge is 2.33. The Labute approximate surface area is 151 Å². The molecule has 0 saturated carbocycles. The molecule has 3 aromatic rings. The molecule has 2 aromatic carbocycles. The molecule has 3 N–H and O–H groups in total. The van der Waals surface area contributed by atoms with Crippen LogP contribution in [0.5, 0.6) is 0 Å². The minimum atomic E-state index is -1.10. The van der Waals surface area contributed by atoms with Crippen molar-refractivity contribution < 1.29 is 19.5 Å². The number of ketones is 1. The summed E-state index contributed by atoms with van der Waals surface area (Å²) in [6.45, 7) is 0. The van der Waals surface area contributed by atoms with Crippen LogP contribution < -0.4 is 10.6 Å². The first kappa shape index (κ1) is 16.0. The number of amides is 1. The second-order valence-corrected chi connectivity index (χ2v) is 6.10. The number of carbonyl (C=O) groups is 3. The maximum Gasteiger partial charge on any atom is 0.335 e. The number of hydrogen-bond donors (Lipinski definition) is 3. The van der Waals surface area contributed by atoms with Gasteiger partial charge in [-0.05, 0) is 42.5 Å². The molecule has 1 aromatic heterocycles. The fourth-order valence-corrected chi connectivity index (χ4v) is 2.92. The fraction of sp³-hybridized carbons (Fsp3) is 0. The molecule has 4 rings (SSSR count). The Kier molecular flexibility index (Phi) is 3.59. The van der Waals surface area contributed by atoms with Crippen LogP contribution in [0.25, 0.3) is 10.9 Å². The van der Waals surface area contributed by atoms with Gasteiger partial charge >= 0.3 is 5.97 Å². The van der Waals surface area contributed by atoms with E-state index in [-0.39, 0.29) is 16.9 Å². The zero-order valence-corrected chi connectivity index (χ0v) is 13.8. The summed E-state index contributed by atoms with van der Waals surface area (Å²) in [4.78, 5) is 39.7. The van der Waals surface area contributed by atoms with Gasteiger partial charge < -0.3 is 15.7 Å². The van der Waals surface area contributed by atoms with Gasteiger partial charge in [0, 0.05) is 16.1 Å². The van der Waals surface area contributed by atoms with Gasteiger partial charge in [0.25, 0.3) is 11.7 Å². The van der Waals surface area contributed by atoms with Gasteiger partial charge in [-0.1, -0.05) is 11.6 Å². The van der Waals surface area contributed by atoms with Gasteiger partial charge in [-0.2, -0.15) is 0 Å². The lowest BCUT2D eigenvalue weighted by Crippen LogP contribution is -2.13. The lowest BCUT2D eigenvalue weighted by Gasteiger charge is -2.12. The van der Waals surface area contributed by atoms with Gasteiger partial charge in [0.2, 0.25) is 0 Å². The number of carboxylic acid groups (broad SMARTS) is 1. The monoisotopic (exact) mass is 367 g/mol. The lowest BCUT2D eigenvalue weighted by molar-refractivity contribution is -0.112. The maximum absolute atomic E-state index is 12.3. The smallest absolute Gasteiger partial charge is 0.335 e. The highest BCUT2D eigenvalue weighted by molar-refractivity contribution is 6.54. The van der Waals surface area contributed by atoms with Crippen LogP contribution in [0.1, 0.15) is 20.7 Å². The normalized spacial score (nSPS) is 12.8. The van der Waals surface area contributed by atoms with Crippen LogP contribution in [-0.4, -0.2) is 27.8 Å². The van der Waals surface area contributed by atoms with Crippen LogP contribution in [0.15, 0.2) is 42.5 Å². The number of halogens is 1. The summed E-state index contributed by atoms with van der Waals surface area (Å²) in [6.07, 6.45) is 0. The van der Waals surface area contributed by atoms with Crippen molar-refractivity contribution in [2.24, 2.45) is 0 Å². The van der Waals surface area contributed by atoms with Crippen molar-refractivity contribution in [3.8, 4) is 0 Å². The van der Waals surface area contributed by atoms with Gasteiger partial charge in [0.15, 0.2) is 0 Å². The number of carboxylic acids is 1. The quantitative estimate of drug-likeness (QED) is 0.612. The van der Waals surface area contributed by atoms with Gasteiger partial charge in [0.1, 0.15) is 5.82 Å². The molecule has 1 aliphatic rings. The second kappa shape index (κ2) is 5.82. The highest BCUT2D eigenvalue weighted by Crippen LogP contribution is 2.37. The summed E-state index contributed by atoms with van der Waals surface area (Å²) in [7, 11) is 0. The number of anilines is 3.